The largest absolute Gasteiger partial charge is 0.464 e. The minimum atomic E-state index is -0.784. The molecule has 1 fully saturated rings. The Bertz CT molecular complexity index is 1230. The highest BCUT2D eigenvalue weighted by atomic mass is 16.5. The maximum absolute atomic E-state index is 13.5. The minimum absolute atomic E-state index is 0.0337. The molecule has 1 saturated carbocycles. The van der Waals surface area contributed by atoms with Gasteiger partial charge in [0.1, 0.15) is 11.7 Å². The van der Waals surface area contributed by atoms with E-state index in [1.807, 2.05) is 6.92 Å². The molecule has 2 aromatic rings. The monoisotopic (exact) mass is 447 g/mol. The van der Waals surface area contributed by atoms with Crippen molar-refractivity contribution in [2.45, 2.75) is 76.7 Å². The van der Waals surface area contributed by atoms with E-state index in [-0.39, 0.29) is 17.3 Å². The van der Waals surface area contributed by atoms with E-state index >= 15 is 0 Å². The number of fused-ring (bicyclic) bond motifs is 1. The summed E-state index contributed by atoms with van der Waals surface area (Å²) < 4.78 is 11.8. The second-order valence-corrected chi connectivity index (χ2v) is 9.30. The summed E-state index contributed by atoms with van der Waals surface area (Å²) in [6, 6.07) is 7.04. The van der Waals surface area contributed by atoms with Crippen LogP contribution in [-0.2, 0) is 14.3 Å². The quantitative estimate of drug-likeness (QED) is 0.525. The van der Waals surface area contributed by atoms with E-state index in [0.717, 1.165) is 50.6 Å². The maximum Gasteiger partial charge on any atom is 0.337 e. The second-order valence-electron chi connectivity index (χ2n) is 9.30. The fraction of sp³-hybridized carbons (Fsp3) is 0.444. The molecule has 2 aliphatic carbocycles. The lowest BCUT2D eigenvalue weighted by molar-refractivity contribution is -0.145. The number of esters is 1. The van der Waals surface area contributed by atoms with Crippen LogP contribution in [0.2, 0.25) is 0 Å². The lowest BCUT2D eigenvalue weighted by Gasteiger charge is -2.34. The number of rotatable bonds is 3. The van der Waals surface area contributed by atoms with Gasteiger partial charge in [0.2, 0.25) is 0 Å². The van der Waals surface area contributed by atoms with Crippen LogP contribution in [0.5, 0.6) is 0 Å². The number of ether oxygens (including phenoxy) is 1. The van der Waals surface area contributed by atoms with Gasteiger partial charge in [0.15, 0.2) is 11.2 Å². The molecule has 1 aromatic carbocycles. The minimum Gasteiger partial charge on any atom is -0.464 e. The SMILES string of the molecule is CC1=C(C(=O)OC2CCCCCC2)[C@@H](c2coc3ccccc3c2=O)C2=C(CCCC2=O)N1. The number of para-hydroxylation sites is 1. The molecule has 6 nitrogen and oxygen atoms in total. The van der Waals surface area contributed by atoms with Crippen LogP contribution in [0.25, 0.3) is 11.0 Å². The van der Waals surface area contributed by atoms with Crippen LogP contribution < -0.4 is 10.7 Å². The number of allylic oxidation sites excluding steroid dienone is 3. The number of hydrogen-bond donors (Lipinski definition) is 1. The Labute approximate surface area is 192 Å². The molecule has 0 unspecified atom stereocenters. The van der Waals surface area contributed by atoms with Crippen molar-refractivity contribution in [2.75, 3.05) is 0 Å². The Hall–Kier alpha value is -3.15. The van der Waals surface area contributed by atoms with Crippen molar-refractivity contribution in [3.05, 3.63) is 68.9 Å². The maximum atomic E-state index is 13.5. The molecule has 33 heavy (non-hydrogen) atoms. The van der Waals surface area contributed by atoms with Gasteiger partial charge in [0.05, 0.1) is 23.1 Å². The molecular formula is C27H29NO5. The van der Waals surface area contributed by atoms with Crippen LogP contribution in [0, 0.1) is 0 Å². The summed E-state index contributed by atoms with van der Waals surface area (Å²) in [7, 11) is 0. The Morgan fingerprint density at radius 1 is 1.03 bits per heavy atom. The molecule has 172 valence electrons. The molecule has 0 bridgehead atoms. The standard InChI is InChI=1S/C27H29NO5/c1-16-23(27(31)33-17-9-4-2-3-5-10-17)24(25-20(28-16)12-8-13-21(25)29)19-15-32-22-14-7-6-11-18(22)26(19)30/h6-7,11,14-15,17,24,28H,2-5,8-10,12-13H2,1H3/t24-/m1/s1. The molecule has 5 rings (SSSR count). The number of Topliss-reactive ketones (excluding diaryl/α,β-unsaturated/α-hetero) is 1. The van der Waals surface area contributed by atoms with Crippen LogP contribution >= 0.6 is 0 Å². The highest BCUT2D eigenvalue weighted by molar-refractivity contribution is 6.04. The topological polar surface area (TPSA) is 85.6 Å². The molecule has 3 aliphatic rings. The fourth-order valence-electron chi connectivity index (χ4n) is 5.43. The highest BCUT2D eigenvalue weighted by Crippen LogP contribution is 2.42. The molecule has 0 saturated heterocycles. The van der Waals surface area contributed by atoms with E-state index in [9.17, 15) is 14.4 Å². The Kier molecular flexibility index (Phi) is 5.92. The van der Waals surface area contributed by atoms with Gasteiger partial charge in [-0.25, -0.2) is 4.79 Å². The predicted octanol–water partition coefficient (Wildman–Crippen LogP) is 5.03. The van der Waals surface area contributed by atoms with E-state index in [0.29, 0.717) is 46.2 Å². The van der Waals surface area contributed by atoms with Crippen LogP contribution in [0.4, 0.5) is 0 Å². The van der Waals surface area contributed by atoms with E-state index in [1.54, 1.807) is 24.3 Å². The summed E-state index contributed by atoms with van der Waals surface area (Å²) in [5.74, 6) is -1.27. The van der Waals surface area contributed by atoms with Crippen molar-refractivity contribution in [1.82, 2.24) is 5.32 Å². The average molecular weight is 448 g/mol. The zero-order valence-electron chi connectivity index (χ0n) is 18.9. The molecule has 1 atom stereocenters. The number of carbonyl (C=O) groups is 2. The van der Waals surface area contributed by atoms with E-state index in [1.165, 1.54) is 6.26 Å². The van der Waals surface area contributed by atoms with Gasteiger partial charge in [0, 0.05) is 29.0 Å². The molecule has 6 heteroatoms. The molecule has 0 spiro atoms. The first-order valence-electron chi connectivity index (χ1n) is 12.0. The number of hydrogen-bond acceptors (Lipinski definition) is 6. The number of ketones is 1. The van der Waals surface area contributed by atoms with Gasteiger partial charge in [-0.3, -0.25) is 9.59 Å². The van der Waals surface area contributed by atoms with Crippen molar-refractivity contribution in [3.8, 4) is 0 Å². The van der Waals surface area contributed by atoms with Crippen LogP contribution in [0.3, 0.4) is 0 Å². The van der Waals surface area contributed by atoms with E-state index in [4.69, 9.17) is 9.15 Å². The molecule has 1 aromatic heterocycles. The summed E-state index contributed by atoms with van der Waals surface area (Å²) >= 11 is 0. The molecule has 0 amide bonds. The van der Waals surface area contributed by atoms with Crippen LogP contribution in [0.15, 0.2) is 62.3 Å². The lowest BCUT2D eigenvalue weighted by Crippen LogP contribution is -2.36. The summed E-state index contributed by atoms with van der Waals surface area (Å²) in [5.41, 5.74) is 2.85. The van der Waals surface area contributed by atoms with Gasteiger partial charge in [-0.15, -0.1) is 0 Å². The van der Waals surface area contributed by atoms with Gasteiger partial charge in [0.25, 0.3) is 0 Å². The normalized spacial score (nSPS) is 22.1. The first-order chi connectivity index (χ1) is 16.0. The van der Waals surface area contributed by atoms with Crippen LogP contribution in [0.1, 0.15) is 76.2 Å². The highest BCUT2D eigenvalue weighted by Gasteiger charge is 2.41. The van der Waals surface area contributed by atoms with Crippen molar-refractivity contribution in [2.24, 2.45) is 0 Å². The fourth-order valence-corrected chi connectivity index (χ4v) is 5.43. The Morgan fingerprint density at radius 2 is 1.79 bits per heavy atom. The third-order valence-electron chi connectivity index (χ3n) is 7.09. The van der Waals surface area contributed by atoms with Crippen LogP contribution in [-0.4, -0.2) is 17.9 Å². The average Bonchev–Trinajstić information content (AvgIpc) is 3.07. The number of nitrogens with one attached hydrogen (secondary N) is 1. The smallest absolute Gasteiger partial charge is 0.337 e. The van der Waals surface area contributed by atoms with Gasteiger partial charge >= 0.3 is 5.97 Å². The molecule has 0 radical (unpaired) electrons. The van der Waals surface area contributed by atoms with Gasteiger partial charge in [-0.1, -0.05) is 25.0 Å². The zero-order valence-corrected chi connectivity index (χ0v) is 18.9. The second kappa shape index (κ2) is 9.00. The molecule has 1 aliphatic heterocycles. The Balaban J connectivity index is 1.61. The predicted molar refractivity (Wildman–Crippen MR) is 125 cm³/mol. The third kappa shape index (κ3) is 4.03. The third-order valence-corrected chi connectivity index (χ3v) is 7.09. The molecule has 1 N–H and O–H groups in total. The molecular weight excluding hydrogens is 418 g/mol. The van der Waals surface area contributed by atoms with Crippen molar-refractivity contribution < 1.29 is 18.7 Å². The van der Waals surface area contributed by atoms with Gasteiger partial charge in [-0.05, 0) is 57.6 Å². The van der Waals surface area contributed by atoms with E-state index in [2.05, 4.69) is 5.32 Å². The summed E-state index contributed by atoms with van der Waals surface area (Å²) in [4.78, 5) is 40.2. The number of dihydropyridines is 1. The number of carbonyl (C=O) groups excluding carboxylic acids is 2. The van der Waals surface area contributed by atoms with Gasteiger partial charge < -0.3 is 14.5 Å². The molecule has 2 heterocycles. The van der Waals surface area contributed by atoms with Crippen molar-refractivity contribution in [3.63, 3.8) is 0 Å². The van der Waals surface area contributed by atoms with Crippen molar-refractivity contribution in [1.29, 1.82) is 0 Å². The summed E-state index contributed by atoms with van der Waals surface area (Å²) in [5, 5.41) is 3.73. The van der Waals surface area contributed by atoms with E-state index < -0.39 is 11.9 Å². The summed E-state index contributed by atoms with van der Waals surface area (Å²) in [6.07, 6.45) is 9.23. The number of benzene rings is 1. The van der Waals surface area contributed by atoms with Crippen molar-refractivity contribution >= 4 is 22.7 Å². The zero-order chi connectivity index (χ0) is 22.9. The Morgan fingerprint density at radius 3 is 2.58 bits per heavy atom. The van der Waals surface area contributed by atoms with Gasteiger partial charge in [-0.2, -0.15) is 0 Å². The first kappa shape index (κ1) is 21.7. The first-order valence-corrected chi connectivity index (χ1v) is 12.0. The lowest BCUT2D eigenvalue weighted by atomic mass is 9.75. The summed E-state index contributed by atoms with van der Waals surface area (Å²) in [6.45, 7) is 1.82.